The highest BCUT2D eigenvalue weighted by atomic mass is 16.5. The average Bonchev–Trinajstić information content (AvgIpc) is 2.73. The Morgan fingerprint density at radius 2 is 1.57 bits per heavy atom. The van der Waals surface area contributed by atoms with Crippen LogP contribution in [0.1, 0.15) is 28.4 Å². The summed E-state index contributed by atoms with van der Waals surface area (Å²) in [5.74, 6) is 0.800. The monoisotopic (exact) mass is 378 g/mol. The van der Waals surface area contributed by atoms with Crippen LogP contribution in [0.5, 0.6) is 5.75 Å². The van der Waals surface area contributed by atoms with Crippen molar-refractivity contribution in [3.8, 4) is 5.75 Å². The van der Waals surface area contributed by atoms with Crippen molar-refractivity contribution >= 4 is 17.4 Å². The first-order valence-corrected chi connectivity index (χ1v) is 9.45. The number of amides is 2. The number of aryl methyl sites for hydroxylation is 1. The van der Waals surface area contributed by atoms with E-state index in [0.717, 1.165) is 22.4 Å². The fourth-order valence-electron chi connectivity index (χ4n) is 3.30. The number of allylic oxidation sites excluding steroid dienone is 1. The fraction of sp³-hybridized carbons (Fsp3) is 0.304. The number of nitrogens with zero attached hydrogens (tertiary/aromatic N) is 2. The number of hydrogen-bond donors (Lipinski definition) is 0. The highest BCUT2D eigenvalue weighted by molar-refractivity contribution is 5.96. The van der Waals surface area contributed by atoms with E-state index in [0.29, 0.717) is 31.7 Å². The van der Waals surface area contributed by atoms with Crippen LogP contribution in [0.4, 0.5) is 0 Å². The van der Waals surface area contributed by atoms with Gasteiger partial charge in [0, 0.05) is 37.8 Å². The first-order valence-electron chi connectivity index (χ1n) is 9.45. The Bertz CT molecular complexity index is 879. The first kappa shape index (κ1) is 19.7. The molecule has 0 saturated carbocycles. The van der Waals surface area contributed by atoms with E-state index in [1.54, 1.807) is 18.1 Å². The standard InChI is InChI=1S/C23H26N2O3/c1-17-5-4-6-20(15-17)23(27)25-13-11-24(12-14-25)22(26)16-18(2)19-7-9-21(28-3)10-8-19/h4-10,15-16H,11-14H2,1-3H3/b18-16+. The average molecular weight is 378 g/mol. The van der Waals surface area contributed by atoms with E-state index in [2.05, 4.69) is 0 Å². The van der Waals surface area contributed by atoms with Crippen molar-refractivity contribution in [3.05, 3.63) is 71.3 Å². The number of benzene rings is 2. The smallest absolute Gasteiger partial charge is 0.253 e. The summed E-state index contributed by atoms with van der Waals surface area (Å²) in [5.41, 5.74) is 3.67. The summed E-state index contributed by atoms with van der Waals surface area (Å²) in [4.78, 5) is 28.9. The molecule has 2 aromatic carbocycles. The van der Waals surface area contributed by atoms with Gasteiger partial charge in [0.1, 0.15) is 5.75 Å². The summed E-state index contributed by atoms with van der Waals surface area (Å²) >= 11 is 0. The van der Waals surface area contributed by atoms with Crippen LogP contribution in [0, 0.1) is 6.92 Å². The van der Waals surface area contributed by atoms with Crippen molar-refractivity contribution in [2.75, 3.05) is 33.3 Å². The van der Waals surface area contributed by atoms with Gasteiger partial charge in [-0.3, -0.25) is 9.59 Å². The Morgan fingerprint density at radius 3 is 2.18 bits per heavy atom. The molecule has 0 radical (unpaired) electrons. The molecule has 0 bridgehead atoms. The Kier molecular flexibility index (Phi) is 6.14. The summed E-state index contributed by atoms with van der Waals surface area (Å²) in [6.07, 6.45) is 1.67. The second-order valence-corrected chi connectivity index (χ2v) is 7.04. The van der Waals surface area contributed by atoms with Gasteiger partial charge in [0.15, 0.2) is 0 Å². The highest BCUT2D eigenvalue weighted by Crippen LogP contribution is 2.19. The summed E-state index contributed by atoms with van der Waals surface area (Å²) in [7, 11) is 1.63. The molecule has 1 heterocycles. The van der Waals surface area contributed by atoms with Crippen molar-refractivity contribution in [1.29, 1.82) is 0 Å². The molecular formula is C23H26N2O3. The molecule has 146 valence electrons. The second kappa shape index (κ2) is 8.74. The van der Waals surface area contributed by atoms with Crippen LogP contribution in [-0.2, 0) is 4.79 Å². The Hall–Kier alpha value is -3.08. The predicted octanol–water partition coefficient (Wildman–Crippen LogP) is 3.39. The van der Waals surface area contributed by atoms with Crippen LogP contribution < -0.4 is 4.74 Å². The summed E-state index contributed by atoms with van der Waals surface area (Å²) in [6.45, 7) is 6.09. The quantitative estimate of drug-likeness (QED) is 0.767. The Balaban J connectivity index is 1.59. The SMILES string of the molecule is COc1ccc(/C(C)=C/C(=O)N2CCN(C(=O)c3cccc(C)c3)CC2)cc1. The van der Waals surface area contributed by atoms with Gasteiger partial charge in [-0.2, -0.15) is 0 Å². The lowest BCUT2D eigenvalue weighted by Crippen LogP contribution is -2.50. The zero-order chi connectivity index (χ0) is 20.1. The van der Waals surface area contributed by atoms with Crippen LogP contribution in [0.25, 0.3) is 5.57 Å². The predicted molar refractivity (Wildman–Crippen MR) is 110 cm³/mol. The molecule has 5 nitrogen and oxygen atoms in total. The van der Waals surface area contributed by atoms with Gasteiger partial charge in [-0.25, -0.2) is 0 Å². The van der Waals surface area contributed by atoms with E-state index in [9.17, 15) is 9.59 Å². The lowest BCUT2D eigenvalue weighted by molar-refractivity contribution is -0.127. The fourth-order valence-corrected chi connectivity index (χ4v) is 3.30. The molecule has 0 aromatic heterocycles. The molecule has 5 heteroatoms. The summed E-state index contributed by atoms with van der Waals surface area (Å²) in [5, 5.41) is 0. The molecule has 1 aliphatic heterocycles. The zero-order valence-corrected chi connectivity index (χ0v) is 16.6. The molecule has 1 fully saturated rings. The number of ether oxygens (including phenoxy) is 1. The zero-order valence-electron chi connectivity index (χ0n) is 16.6. The summed E-state index contributed by atoms with van der Waals surface area (Å²) in [6, 6.07) is 15.3. The van der Waals surface area contributed by atoms with Crippen molar-refractivity contribution < 1.29 is 14.3 Å². The number of piperazine rings is 1. The van der Waals surface area contributed by atoms with Crippen LogP contribution in [-0.4, -0.2) is 54.9 Å². The van der Waals surface area contributed by atoms with Gasteiger partial charge >= 0.3 is 0 Å². The van der Waals surface area contributed by atoms with Crippen molar-refractivity contribution in [1.82, 2.24) is 9.80 Å². The van der Waals surface area contributed by atoms with Crippen LogP contribution in [0.2, 0.25) is 0 Å². The van der Waals surface area contributed by atoms with Crippen molar-refractivity contribution in [3.63, 3.8) is 0 Å². The van der Waals surface area contributed by atoms with Crippen LogP contribution >= 0.6 is 0 Å². The van der Waals surface area contributed by atoms with Gasteiger partial charge in [0.2, 0.25) is 5.91 Å². The van der Waals surface area contributed by atoms with Crippen molar-refractivity contribution in [2.45, 2.75) is 13.8 Å². The van der Waals surface area contributed by atoms with E-state index < -0.39 is 0 Å². The normalized spacial score (nSPS) is 14.8. The topological polar surface area (TPSA) is 49.9 Å². The van der Waals surface area contributed by atoms with Gasteiger partial charge in [0.05, 0.1) is 7.11 Å². The molecule has 0 atom stereocenters. The minimum absolute atomic E-state index is 0.0176. The number of carbonyl (C=O) groups is 2. The molecule has 2 aromatic rings. The van der Waals surface area contributed by atoms with Gasteiger partial charge in [-0.05, 0) is 49.2 Å². The highest BCUT2D eigenvalue weighted by Gasteiger charge is 2.24. The third-order valence-electron chi connectivity index (χ3n) is 5.03. The molecule has 1 aliphatic rings. The number of methoxy groups -OCH3 is 1. The maximum Gasteiger partial charge on any atom is 0.253 e. The first-order chi connectivity index (χ1) is 13.5. The van der Waals surface area contributed by atoms with E-state index in [1.807, 2.05) is 67.3 Å². The minimum atomic E-state index is -0.0176. The third kappa shape index (κ3) is 4.60. The lowest BCUT2D eigenvalue weighted by Gasteiger charge is -2.34. The molecular weight excluding hydrogens is 352 g/mol. The number of carbonyl (C=O) groups excluding carboxylic acids is 2. The molecule has 1 saturated heterocycles. The minimum Gasteiger partial charge on any atom is -0.497 e. The van der Waals surface area contributed by atoms with Crippen LogP contribution in [0.3, 0.4) is 0 Å². The van der Waals surface area contributed by atoms with Gasteiger partial charge in [-0.15, -0.1) is 0 Å². The maximum absolute atomic E-state index is 12.6. The summed E-state index contributed by atoms with van der Waals surface area (Å²) < 4.78 is 5.17. The van der Waals surface area contributed by atoms with E-state index in [4.69, 9.17) is 4.74 Å². The van der Waals surface area contributed by atoms with E-state index in [-0.39, 0.29) is 11.8 Å². The van der Waals surface area contributed by atoms with E-state index in [1.165, 1.54) is 0 Å². The molecule has 0 unspecified atom stereocenters. The molecule has 2 amide bonds. The number of hydrogen-bond acceptors (Lipinski definition) is 3. The second-order valence-electron chi connectivity index (χ2n) is 7.04. The Labute approximate surface area is 166 Å². The van der Waals surface area contributed by atoms with Gasteiger partial charge in [0.25, 0.3) is 5.91 Å². The number of rotatable bonds is 4. The van der Waals surface area contributed by atoms with Gasteiger partial charge < -0.3 is 14.5 Å². The third-order valence-corrected chi connectivity index (χ3v) is 5.03. The lowest BCUT2D eigenvalue weighted by atomic mass is 10.1. The Morgan fingerprint density at radius 1 is 0.929 bits per heavy atom. The maximum atomic E-state index is 12.6. The molecule has 0 spiro atoms. The van der Waals surface area contributed by atoms with E-state index >= 15 is 0 Å². The molecule has 0 N–H and O–H groups in total. The van der Waals surface area contributed by atoms with Crippen molar-refractivity contribution in [2.24, 2.45) is 0 Å². The molecule has 28 heavy (non-hydrogen) atoms. The van der Waals surface area contributed by atoms with Crippen LogP contribution in [0.15, 0.2) is 54.6 Å². The molecule has 0 aliphatic carbocycles. The molecule has 3 rings (SSSR count). The van der Waals surface area contributed by atoms with Gasteiger partial charge in [-0.1, -0.05) is 29.8 Å². The largest absolute Gasteiger partial charge is 0.497 e.